The monoisotopic (exact) mass is 572 g/mol. The van der Waals surface area contributed by atoms with Crippen LogP contribution in [0.1, 0.15) is 42.3 Å². The third kappa shape index (κ3) is 7.16. The lowest BCUT2D eigenvalue weighted by Gasteiger charge is -2.13. The van der Waals surface area contributed by atoms with Crippen LogP contribution in [-0.2, 0) is 11.3 Å². The number of carbonyl (C=O) groups is 2. The van der Waals surface area contributed by atoms with Crippen LogP contribution in [0, 0.1) is 0 Å². The Morgan fingerprint density at radius 2 is 1.82 bits per heavy atom. The zero-order valence-corrected chi connectivity index (χ0v) is 24.5. The number of benzene rings is 3. The molecule has 0 fully saturated rings. The number of rotatable bonds is 11. The summed E-state index contributed by atoms with van der Waals surface area (Å²) in [5, 5.41) is 10.5. The molecule has 3 N–H and O–H groups in total. The number of methoxy groups -OCH3 is 1. The van der Waals surface area contributed by atoms with E-state index >= 15 is 0 Å². The number of nitrogens with zero attached hydrogens (tertiary/aromatic N) is 1. The van der Waals surface area contributed by atoms with Crippen molar-refractivity contribution in [1.29, 1.82) is 0 Å². The van der Waals surface area contributed by atoms with Crippen molar-refractivity contribution in [2.75, 3.05) is 19.0 Å². The van der Waals surface area contributed by atoms with Gasteiger partial charge in [0.1, 0.15) is 10.7 Å². The molecular formula is C31H32N4O3S2. The number of nitrogens with one attached hydrogen (secondary N) is 3. The first-order valence-corrected chi connectivity index (χ1v) is 14.5. The second-order valence-corrected chi connectivity index (χ2v) is 10.9. The molecule has 7 nitrogen and oxygen atoms in total. The number of anilines is 1. The average molecular weight is 573 g/mol. The Kier molecular flexibility index (Phi) is 10.1. The summed E-state index contributed by atoms with van der Waals surface area (Å²) in [6, 6.07) is 23.0. The quantitative estimate of drug-likeness (QED) is 0.0993. The Morgan fingerprint density at radius 3 is 2.55 bits per heavy atom. The third-order valence-corrected chi connectivity index (χ3v) is 8.05. The molecule has 0 spiro atoms. The Bertz CT molecular complexity index is 1480. The molecule has 0 unspecified atom stereocenters. The van der Waals surface area contributed by atoms with Crippen LogP contribution in [0.4, 0.5) is 11.4 Å². The summed E-state index contributed by atoms with van der Waals surface area (Å²) in [4.78, 5) is 31.6. The molecule has 9 heteroatoms. The second kappa shape index (κ2) is 13.9. The number of ketones is 1. The summed E-state index contributed by atoms with van der Waals surface area (Å²) in [6.07, 6.45) is 0. The lowest BCUT2D eigenvalue weighted by Crippen LogP contribution is -2.25. The molecule has 1 aliphatic rings. The summed E-state index contributed by atoms with van der Waals surface area (Å²) in [5.74, 6) is 0.498. The van der Waals surface area contributed by atoms with E-state index in [2.05, 4.69) is 20.9 Å². The van der Waals surface area contributed by atoms with Crippen LogP contribution in [0.25, 0.3) is 5.70 Å². The number of ether oxygens (including phenoxy) is 1. The second-order valence-electron chi connectivity index (χ2n) is 8.86. The molecule has 1 amide bonds. The minimum Gasteiger partial charge on any atom is -0.496 e. The molecule has 0 bridgehead atoms. The summed E-state index contributed by atoms with van der Waals surface area (Å²) < 4.78 is 5.57. The van der Waals surface area contributed by atoms with Crippen molar-refractivity contribution >= 4 is 57.8 Å². The predicted octanol–water partition coefficient (Wildman–Crippen LogP) is 6.93. The SMILES string of the molecule is CCNc1ccc(C(C)=O)cc1N=CS/C(C(=O)NCc1ccccc1)=C1/NC(c2ccccc2OC)=C(C)S1. The summed E-state index contributed by atoms with van der Waals surface area (Å²) in [6.45, 7) is 6.65. The minimum atomic E-state index is -0.214. The number of para-hydroxylation sites is 1. The number of hydrogen-bond acceptors (Lipinski definition) is 8. The van der Waals surface area contributed by atoms with Gasteiger partial charge in [-0.1, -0.05) is 66.0 Å². The van der Waals surface area contributed by atoms with E-state index in [1.54, 1.807) is 24.8 Å². The Morgan fingerprint density at radius 1 is 1.07 bits per heavy atom. The van der Waals surface area contributed by atoms with Crippen LogP contribution in [0.5, 0.6) is 5.75 Å². The summed E-state index contributed by atoms with van der Waals surface area (Å²) >= 11 is 2.73. The van der Waals surface area contributed by atoms with Crippen LogP contribution >= 0.6 is 23.5 Å². The molecule has 0 saturated heterocycles. The first kappa shape index (κ1) is 29.0. The van der Waals surface area contributed by atoms with Crippen molar-refractivity contribution in [1.82, 2.24) is 10.6 Å². The maximum absolute atomic E-state index is 13.5. The lowest BCUT2D eigenvalue weighted by atomic mass is 10.1. The Hall–Kier alpha value is -3.95. The normalized spacial score (nSPS) is 14.2. The number of carbonyl (C=O) groups excluding carboxylic acids is 2. The van der Waals surface area contributed by atoms with Gasteiger partial charge in [0.2, 0.25) is 0 Å². The van der Waals surface area contributed by atoms with E-state index in [0.29, 0.717) is 34.3 Å². The van der Waals surface area contributed by atoms with Gasteiger partial charge in [-0.2, -0.15) is 0 Å². The van der Waals surface area contributed by atoms with Gasteiger partial charge >= 0.3 is 0 Å². The van der Waals surface area contributed by atoms with Crippen molar-refractivity contribution < 1.29 is 14.3 Å². The molecule has 1 aliphatic heterocycles. The molecule has 1 heterocycles. The third-order valence-electron chi connectivity index (χ3n) is 6.06. The van der Waals surface area contributed by atoms with E-state index in [4.69, 9.17) is 4.74 Å². The molecule has 0 aromatic heterocycles. The fourth-order valence-electron chi connectivity index (χ4n) is 4.04. The minimum absolute atomic E-state index is 0.0350. The van der Waals surface area contributed by atoms with E-state index < -0.39 is 0 Å². The topological polar surface area (TPSA) is 91.8 Å². The van der Waals surface area contributed by atoms with Crippen molar-refractivity contribution in [3.8, 4) is 5.75 Å². The van der Waals surface area contributed by atoms with Crippen LogP contribution < -0.4 is 20.7 Å². The van der Waals surface area contributed by atoms with E-state index in [9.17, 15) is 9.59 Å². The van der Waals surface area contributed by atoms with E-state index in [-0.39, 0.29) is 11.7 Å². The maximum Gasteiger partial charge on any atom is 0.261 e. The van der Waals surface area contributed by atoms with Crippen molar-refractivity contribution in [3.63, 3.8) is 0 Å². The van der Waals surface area contributed by atoms with Crippen LogP contribution in [0.15, 0.2) is 92.6 Å². The van der Waals surface area contributed by atoms with Gasteiger partial charge in [-0.3, -0.25) is 9.59 Å². The first-order valence-electron chi connectivity index (χ1n) is 12.8. The number of hydrogen-bond donors (Lipinski definition) is 3. The van der Waals surface area contributed by atoms with Gasteiger partial charge in [-0.25, -0.2) is 4.99 Å². The number of Topliss-reactive ketones (excluding diaryl/α,β-unsaturated/α-hetero) is 1. The molecule has 3 aromatic rings. The Labute approximate surface area is 243 Å². The number of thioether (sulfide) groups is 2. The summed E-state index contributed by atoms with van der Waals surface area (Å²) in [5.41, 5.74) is 6.49. The van der Waals surface area contributed by atoms with Crippen molar-refractivity contribution in [3.05, 3.63) is 104 Å². The van der Waals surface area contributed by atoms with Gasteiger partial charge in [0.05, 0.1) is 34.8 Å². The summed E-state index contributed by atoms with van der Waals surface area (Å²) in [7, 11) is 1.64. The smallest absolute Gasteiger partial charge is 0.261 e. The van der Waals surface area contributed by atoms with Crippen LogP contribution in [0.2, 0.25) is 0 Å². The zero-order valence-electron chi connectivity index (χ0n) is 22.9. The maximum atomic E-state index is 13.5. The van der Waals surface area contributed by atoms with Gasteiger partial charge in [0, 0.05) is 29.1 Å². The van der Waals surface area contributed by atoms with Gasteiger partial charge in [0.25, 0.3) is 5.91 Å². The van der Waals surface area contributed by atoms with Crippen molar-refractivity contribution in [2.45, 2.75) is 27.3 Å². The van der Waals surface area contributed by atoms with Crippen LogP contribution in [0.3, 0.4) is 0 Å². The molecule has 3 aromatic carbocycles. The first-order chi connectivity index (χ1) is 19.4. The number of amides is 1. The highest BCUT2D eigenvalue weighted by atomic mass is 32.2. The van der Waals surface area contributed by atoms with Gasteiger partial charge < -0.3 is 20.7 Å². The van der Waals surface area contributed by atoms with Gasteiger partial charge in [-0.15, -0.1) is 0 Å². The van der Waals surface area contributed by atoms with Gasteiger partial charge in [-0.05, 0) is 56.7 Å². The van der Waals surface area contributed by atoms with Crippen molar-refractivity contribution in [2.24, 2.45) is 4.99 Å². The molecule has 0 saturated carbocycles. The van der Waals surface area contributed by atoms with Gasteiger partial charge in [0.15, 0.2) is 5.78 Å². The number of allylic oxidation sites excluding steroid dienone is 1. The van der Waals surface area contributed by atoms with Crippen LogP contribution in [-0.4, -0.2) is 30.9 Å². The highest BCUT2D eigenvalue weighted by molar-refractivity contribution is 8.17. The Balaban J connectivity index is 1.64. The van der Waals surface area contributed by atoms with E-state index in [0.717, 1.165) is 33.2 Å². The highest BCUT2D eigenvalue weighted by Crippen LogP contribution is 2.43. The lowest BCUT2D eigenvalue weighted by molar-refractivity contribution is -0.117. The van der Waals surface area contributed by atoms with E-state index in [1.807, 2.05) is 74.5 Å². The molecule has 0 atom stereocenters. The molecule has 0 radical (unpaired) electrons. The molecule has 206 valence electrons. The molecule has 0 aliphatic carbocycles. The molecule has 4 rings (SSSR count). The number of aliphatic imine (C=N–C) groups is 1. The van der Waals surface area contributed by atoms with E-state index in [1.165, 1.54) is 30.4 Å². The molecular weight excluding hydrogens is 541 g/mol. The zero-order chi connectivity index (χ0) is 28.5. The largest absolute Gasteiger partial charge is 0.496 e. The highest BCUT2D eigenvalue weighted by Gasteiger charge is 2.26. The predicted molar refractivity (Wildman–Crippen MR) is 168 cm³/mol. The fraction of sp³-hybridized carbons (Fsp3) is 0.194. The molecule has 40 heavy (non-hydrogen) atoms. The average Bonchev–Trinajstić information content (AvgIpc) is 3.35. The standard InChI is InChI=1S/C31H32N4O3S2/c1-5-32-25-16-15-23(20(2)36)17-26(25)34-19-39-29(30(37)33-18-22-11-7-6-8-12-22)31-35-28(21(3)40-31)24-13-9-10-14-27(24)38-4/h6-17,19,32,35H,5,18H2,1-4H3,(H,33,37)/b31-29-,34-19?. The fourth-order valence-corrected chi connectivity index (χ4v) is 5.83.